The highest BCUT2D eigenvalue weighted by Crippen LogP contribution is 2.10. The van der Waals surface area contributed by atoms with Crippen molar-refractivity contribution in [1.29, 1.82) is 0 Å². The molecule has 1 rings (SSSR count). The monoisotopic (exact) mass is 295 g/mol. The first-order valence-corrected chi connectivity index (χ1v) is 7.42. The smallest absolute Gasteiger partial charge is 0.327 e. The van der Waals surface area contributed by atoms with Gasteiger partial charge in [-0.3, -0.25) is 4.79 Å². The SMILES string of the molecule is C#CCC(NC(=O)c1ccc(S(C)(=O)=O)cc1)C(=O)O. The van der Waals surface area contributed by atoms with Gasteiger partial charge in [-0.05, 0) is 24.3 Å². The van der Waals surface area contributed by atoms with Crippen molar-refractivity contribution < 1.29 is 23.1 Å². The highest BCUT2D eigenvalue weighted by Gasteiger charge is 2.19. The molecule has 7 heteroatoms. The third kappa shape index (κ3) is 4.10. The molecule has 1 atom stereocenters. The maximum absolute atomic E-state index is 11.8. The van der Waals surface area contributed by atoms with Gasteiger partial charge in [0.2, 0.25) is 0 Å². The van der Waals surface area contributed by atoms with Crippen LogP contribution < -0.4 is 5.32 Å². The number of carbonyl (C=O) groups excluding carboxylic acids is 1. The summed E-state index contributed by atoms with van der Waals surface area (Å²) in [5, 5.41) is 11.1. The molecule has 106 valence electrons. The molecule has 2 N–H and O–H groups in total. The second-order valence-electron chi connectivity index (χ2n) is 4.07. The number of benzene rings is 1. The molecular weight excluding hydrogens is 282 g/mol. The second-order valence-corrected chi connectivity index (χ2v) is 6.08. The number of nitrogens with one attached hydrogen (secondary N) is 1. The largest absolute Gasteiger partial charge is 0.480 e. The van der Waals surface area contributed by atoms with Gasteiger partial charge < -0.3 is 10.4 Å². The number of aliphatic carboxylic acids is 1. The van der Waals surface area contributed by atoms with Gasteiger partial charge in [0.1, 0.15) is 6.04 Å². The van der Waals surface area contributed by atoms with Crippen LogP contribution in [0, 0.1) is 12.3 Å². The lowest BCUT2D eigenvalue weighted by Gasteiger charge is -2.11. The molecule has 0 fully saturated rings. The van der Waals surface area contributed by atoms with Crippen LogP contribution >= 0.6 is 0 Å². The summed E-state index contributed by atoms with van der Waals surface area (Å²) in [6, 6.07) is 3.99. The van der Waals surface area contributed by atoms with E-state index in [0.717, 1.165) is 6.26 Å². The van der Waals surface area contributed by atoms with Gasteiger partial charge in [0.25, 0.3) is 5.91 Å². The summed E-state index contributed by atoms with van der Waals surface area (Å²) in [4.78, 5) is 22.7. The van der Waals surface area contributed by atoms with Crippen LogP contribution in [0.3, 0.4) is 0 Å². The van der Waals surface area contributed by atoms with Crippen molar-refractivity contribution in [2.24, 2.45) is 0 Å². The van der Waals surface area contributed by atoms with Gasteiger partial charge in [0, 0.05) is 18.2 Å². The highest BCUT2D eigenvalue weighted by atomic mass is 32.2. The van der Waals surface area contributed by atoms with Crippen LogP contribution in [-0.2, 0) is 14.6 Å². The zero-order chi connectivity index (χ0) is 15.3. The Balaban J connectivity index is 2.88. The van der Waals surface area contributed by atoms with Crippen LogP contribution in [0.15, 0.2) is 29.2 Å². The molecule has 0 saturated heterocycles. The maximum atomic E-state index is 11.8. The molecule has 0 spiro atoms. The molecule has 1 aromatic rings. The summed E-state index contributed by atoms with van der Waals surface area (Å²) in [7, 11) is -3.34. The Morgan fingerprint density at radius 3 is 2.30 bits per heavy atom. The summed E-state index contributed by atoms with van der Waals surface area (Å²) in [6.07, 6.45) is 5.93. The van der Waals surface area contributed by atoms with Gasteiger partial charge in [0.15, 0.2) is 9.84 Å². The van der Waals surface area contributed by atoms with Crippen molar-refractivity contribution in [1.82, 2.24) is 5.32 Å². The van der Waals surface area contributed by atoms with Crippen LogP contribution in [0.1, 0.15) is 16.8 Å². The van der Waals surface area contributed by atoms with Crippen molar-refractivity contribution in [3.63, 3.8) is 0 Å². The fraction of sp³-hybridized carbons (Fsp3) is 0.231. The van der Waals surface area contributed by atoms with Crippen LogP contribution in [0.25, 0.3) is 0 Å². The van der Waals surface area contributed by atoms with Crippen LogP contribution in [0.5, 0.6) is 0 Å². The maximum Gasteiger partial charge on any atom is 0.327 e. The lowest BCUT2D eigenvalue weighted by molar-refractivity contribution is -0.139. The van der Waals surface area contributed by atoms with Crippen molar-refractivity contribution >= 4 is 21.7 Å². The molecule has 6 nitrogen and oxygen atoms in total. The van der Waals surface area contributed by atoms with E-state index in [4.69, 9.17) is 11.5 Å². The zero-order valence-corrected chi connectivity index (χ0v) is 11.5. The van der Waals surface area contributed by atoms with E-state index in [1.807, 2.05) is 0 Å². The predicted octanol–water partition coefficient (Wildman–Crippen LogP) is 0.296. The summed E-state index contributed by atoms with van der Waals surface area (Å²) < 4.78 is 22.5. The van der Waals surface area contributed by atoms with E-state index in [2.05, 4.69) is 11.2 Å². The molecule has 0 saturated carbocycles. The number of carboxylic acids is 1. The molecule has 0 aliphatic heterocycles. The Bertz CT molecular complexity index is 655. The first-order chi connectivity index (χ1) is 9.25. The Morgan fingerprint density at radius 2 is 1.90 bits per heavy atom. The lowest BCUT2D eigenvalue weighted by Crippen LogP contribution is -2.40. The van der Waals surface area contributed by atoms with Gasteiger partial charge in [0.05, 0.1) is 4.90 Å². The molecule has 1 unspecified atom stereocenters. The van der Waals surface area contributed by atoms with Gasteiger partial charge in [-0.2, -0.15) is 0 Å². The average molecular weight is 295 g/mol. The lowest BCUT2D eigenvalue weighted by atomic mass is 10.1. The van der Waals surface area contributed by atoms with Crippen molar-refractivity contribution in [2.45, 2.75) is 17.4 Å². The zero-order valence-electron chi connectivity index (χ0n) is 10.7. The fourth-order valence-corrected chi connectivity index (χ4v) is 2.04. The second kappa shape index (κ2) is 6.21. The third-order valence-electron chi connectivity index (χ3n) is 2.47. The Labute approximate surface area is 116 Å². The molecule has 1 amide bonds. The predicted molar refractivity (Wildman–Crippen MR) is 71.9 cm³/mol. The van der Waals surface area contributed by atoms with Gasteiger partial charge in [-0.25, -0.2) is 13.2 Å². The summed E-state index contributed by atoms with van der Waals surface area (Å²) in [5.41, 5.74) is 0.153. The van der Waals surface area contributed by atoms with E-state index in [-0.39, 0.29) is 16.9 Å². The summed E-state index contributed by atoms with van der Waals surface area (Å²) in [5.74, 6) is 0.296. The Kier molecular flexibility index (Phi) is 4.88. The van der Waals surface area contributed by atoms with Crippen LogP contribution in [-0.4, -0.2) is 37.7 Å². The van der Waals surface area contributed by atoms with E-state index in [1.54, 1.807) is 0 Å². The number of amides is 1. The normalized spacial score (nSPS) is 12.2. The fourth-order valence-electron chi connectivity index (χ4n) is 1.41. The minimum absolute atomic E-state index is 0.0764. The quantitative estimate of drug-likeness (QED) is 0.761. The number of hydrogen-bond acceptors (Lipinski definition) is 4. The van der Waals surface area contributed by atoms with Crippen LogP contribution in [0.2, 0.25) is 0 Å². The molecule has 0 bridgehead atoms. The van der Waals surface area contributed by atoms with Crippen molar-refractivity contribution in [3.05, 3.63) is 29.8 Å². The summed E-state index contributed by atoms with van der Waals surface area (Å²) in [6.45, 7) is 0. The first kappa shape index (κ1) is 15.7. The summed E-state index contributed by atoms with van der Waals surface area (Å²) >= 11 is 0. The van der Waals surface area contributed by atoms with E-state index in [9.17, 15) is 18.0 Å². The van der Waals surface area contributed by atoms with Crippen molar-refractivity contribution in [2.75, 3.05) is 6.26 Å². The molecule has 0 heterocycles. The number of carbonyl (C=O) groups is 2. The molecule has 0 radical (unpaired) electrons. The Hall–Kier alpha value is -2.33. The number of hydrogen-bond donors (Lipinski definition) is 2. The molecule has 1 aromatic carbocycles. The molecule has 0 aromatic heterocycles. The van der Waals surface area contributed by atoms with Crippen molar-refractivity contribution in [3.8, 4) is 12.3 Å². The minimum atomic E-state index is -3.34. The number of rotatable bonds is 5. The molecular formula is C13H13NO5S. The standard InChI is InChI=1S/C13H13NO5S/c1-3-4-11(13(16)17)14-12(15)9-5-7-10(8-6-9)20(2,18)19/h1,5-8,11H,4H2,2H3,(H,14,15)(H,16,17). The number of carboxylic acid groups (broad SMARTS) is 1. The Morgan fingerprint density at radius 1 is 1.35 bits per heavy atom. The molecule has 20 heavy (non-hydrogen) atoms. The number of terminal acetylenes is 1. The first-order valence-electron chi connectivity index (χ1n) is 5.53. The minimum Gasteiger partial charge on any atom is -0.480 e. The van der Waals surface area contributed by atoms with E-state index >= 15 is 0 Å². The van der Waals surface area contributed by atoms with E-state index < -0.39 is 27.8 Å². The van der Waals surface area contributed by atoms with Gasteiger partial charge in [-0.15, -0.1) is 12.3 Å². The van der Waals surface area contributed by atoms with E-state index in [1.165, 1.54) is 24.3 Å². The molecule has 0 aliphatic rings. The average Bonchev–Trinajstić information content (AvgIpc) is 2.37. The van der Waals surface area contributed by atoms with Crippen LogP contribution in [0.4, 0.5) is 0 Å². The van der Waals surface area contributed by atoms with Gasteiger partial charge in [-0.1, -0.05) is 0 Å². The molecule has 0 aliphatic carbocycles. The third-order valence-corrected chi connectivity index (χ3v) is 3.60. The number of sulfone groups is 1. The highest BCUT2D eigenvalue weighted by molar-refractivity contribution is 7.90. The van der Waals surface area contributed by atoms with E-state index in [0.29, 0.717) is 0 Å². The topological polar surface area (TPSA) is 101 Å². The van der Waals surface area contributed by atoms with Gasteiger partial charge >= 0.3 is 5.97 Å².